The van der Waals surface area contributed by atoms with Crippen LogP contribution in [0.3, 0.4) is 0 Å². The predicted molar refractivity (Wildman–Crippen MR) is 175 cm³/mol. The number of esters is 1. The number of carbonyl (C=O) groups excluding carboxylic acids is 2. The second kappa shape index (κ2) is 13.1. The topological polar surface area (TPSA) is 113 Å². The van der Waals surface area contributed by atoms with Crippen LogP contribution in [-0.4, -0.2) is 63.7 Å². The van der Waals surface area contributed by atoms with Gasteiger partial charge in [-0.2, -0.15) is 0 Å². The highest BCUT2D eigenvalue weighted by atomic mass is 32.1. The zero-order valence-corrected chi connectivity index (χ0v) is 26.5. The Bertz CT molecular complexity index is 1750. The average molecular weight is 628 g/mol. The summed E-state index contributed by atoms with van der Waals surface area (Å²) in [6.45, 7) is 5.29. The number of amides is 1. The summed E-state index contributed by atoms with van der Waals surface area (Å²) in [6, 6.07) is 19.7. The van der Waals surface area contributed by atoms with Crippen LogP contribution in [0.4, 0.5) is 21.9 Å². The van der Waals surface area contributed by atoms with E-state index in [1.807, 2.05) is 84.4 Å². The number of aryl methyl sites for hydroxylation is 1. The van der Waals surface area contributed by atoms with Crippen LogP contribution in [0.2, 0.25) is 0 Å². The molecular weight excluding hydrogens is 595 g/mol. The standard InChI is InChI=1S/C32H33N7O3S2/c1-4-42-30(41)27-28(22-14-16-39(17-15-22)26(40)19-21-10-6-5-7-11-21)44-32(34-27)38(3)25-18-20(2)29(37-36-25)35-31-33-23-12-8-9-13-24(23)43-31/h5-13,18,22H,4,14-17,19H2,1-3H3,(H,33,35,37). The highest BCUT2D eigenvalue weighted by Crippen LogP contribution is 2.39. The average Bonchev–Trinajstić information content (AvgIpc) is 3.67. The van der Waals surface area contributed by atoms with Crippen molar-refractivity contribution in [2.24, 2.45) is 0 Å². The van der Waals surface area contributed by atoms with Crippen LogP contribution in [-0.2, 0) is 16.0 Å². The maximum absolute atomic E-state index is 13.0. The van der Waals surface area contributed by atoms with Gasteiger partial charge in [-0.25, -0.2) is 14.8 Å². The van der Waals surface area contributed by atoms with E-state index in [0.29, 0.717) is 42.0 Å². The highest BCUT2D eigenvalue weighted by molar-refractivity contribution is 7.22. The largest absolute Gasteiger partial charge is 0.461 e. The zero-order chi connectivity index (χ0) is 30.6. The maximum Gasteiger partial charge on any atom is 0.358 e. The van der Waals surface area contributed by atoms with Gasteiger partial charge in [0.2, 0.25) is 5.91 Å². The third-order valence-corrected chi connectivity index (χ3v) is 9.90. The van der Waals surface area contributed by atoms with Crippen LogP contribution in [0.25, 0.3) is 10.2 Å². The number of fused-ring (bicyclic) bond motifs is 1. The van der Waals surface area contributed by atoms with Crippen molar-refractivity contribution in [2.45, 2.75) is 39.0 Å². The molecular formula is C32H33N7O3S2. The van der Waals surface area contributed by atoms with E-state index in [9.17, 15) is 9.59 Å². The van der Waals surface area contributed by atoms with E-state index in [2.05, 4.69) is 20.5 Å². The van der Waals surface area contributed by atoms with E-state index >= 15 is 0 Å². The van der Waals surface area contributed by atoms with Crippen molar-refractivity contribution >= 4 is 66.7 Å². The van der Waals surface area contributed by atoms with E-state index in [1.54, 1.807) is 18.3 Å². The summed E-state index contributed by atoms with van der Waals surface area (Å²) >= 11 is 3.03. The number of benzene rings is 2. The number of nitrogens with zero attached hydrogens (tertiary/aromatic N) is 6. The molecule has 1 aliphatic rings. The van der Waals surface area contributed by atoms with Crippen LogP contribution in [0.15, 0.2) is 60.7 Å². The summed E-state index contributed by atoms with van der Waals surface area (Å²) in [6.07, 6.45) is 1.90. The number of thiazole rings is 2. The smallest absolute Gasteiger partial charge is 0.358 e. The molecule has 0 radical (unpaired) electrons. The van der Waals surface area contributed by atoms with E-state index < -0.39 is 5.97 Å². The fraction of sp³-hybridized carbons (Fsp3) is 0.312. The van der Waals surface area contributed by atoms with Crippen molar-refractivity contribution in [3.63, 3.8) is 0 Å². The van der Waals surface area contributed by atoms with Gasteiger partial charge in [-0.1, -0.05) is 53.8 Å². The minimum atomic E-state index is -0.432. The molecule has 1 fully saturated rings. The quantitative estimate of drug-likeness (QED) is 0.183. The highest BCUT2D eigenvalue weighted by Gasteiger charge is 2.31. The number of hydrogen-bond acceptors (Lipinski definition) is 11. The number of carbonyl (C=O) groups is 2. The molecule has 1 saturated heterocycles. The van der Waals surface area contributed by atoms with Crippen molar-refractivity contribution in [3.8, 4) is 0 Å². The molecule has 1 aliphatic heterocycles. The number of rotatable bonds is 9. The molecule has 12 heteroatoms. The van der Waals surface area contributed by atoms with Gasteiger partial charge in [0.15, 0.2) is 27.6 Å². The summed E-state index contributed by atoms with van der Waals surface area (Å²) in [5.41, 5.74) is 3.18. The predicted octanol–water partition coefficient (Wildman–Crippen LogP) is 6.49. The first-order valence-electron chi connectivity index (χ1n) is 14.6. The molecule has 0 aliphatic carbocycles. The van der Waals surface area contributed by atoms with Gasteiger partial charge in [-0.15, -0.1) is 21.5 Å². The van der Waals surface area contributed by atoms with E-state index in [4.69, 9.17) is 9.72 Å². The van der Waals surface area contributed by atoms with Gasteiger partial charge < -0.3 is 19.9 Å². The summed E-state index contributed by atoms with van der Waals surface area (Å²) in [5.74, 6) is 1.03. The first-order valence-corrected chi connectivity index (χ1v) is 16.2. The summed E-state index contributed by atoms with van der Waals surface area (Å²) < 4.78 is 6.47. The Morgan fingerprint density at radius 1 is 1.02 bits per heavy atom. The zero-order valence-electron chi connectivity index (χ0n) is 24.8. The number of aromatic nitrogens is 4. The second-order valence-electron chi connectivity index (χ2n) is 10.7. The minimum absolute atomic E-state index is 0.100. The lowest BCUT2D eigenvalue weighted by Gasteiger charge is -2.32. The lowest BCUT2D eigenvalue weighted by atomic mass is 9.93. The van der Waals surface area contributed by atoms with Crippen molar-refractivity contribution in [1.82, 2.24) is 25.1 Å². The van der Waals surface area contributed by atoms with Gasteiger partial charge in [0.05, 0.1) is 23.2 Å². The van der Waals surface area contributed by atoms with Gasteiger partial charge >= 0.3 is 5.97 Å². The Kier molecular flexibility index (Phi) is 8.80. The molecule has 44 heavy (non-hydrogen) atoms. The van der Waals surface area contributed by atoms with Crippen LogP contribution >= 0.6 is 22.7 Å². The molecule has 10 nitrogen and oxygen atoms in total. The Morgan fingerprint density at radius 2 is 1.77 bits per heavy atom. The normalized spacial score (nSPS) is 13.7. The molecule has 0 atom stereocenters. The summed E-state index contributed by atoms with van der Waals surface area (Å²) in [5, 5.41) is 13.6. The Labute approximate surface area is 263 Å². The molecule has 2 aromatic carbocycles. The van der Waals surface area contributed by atoms with Gasteiger partial charge in [-0.05, 0) is 61.9 Å². The summed E-state index contributed by atoms with van der Waals surface area (Å²) in [4.78, 5) is 39.9. The molecule has 1 amide bonds. The fourth-order valence-corrected chi connectivity index (χ4v) is 7.30. The second-order valence-corrected chi connectivity index (χ2v) is 12.7. The number of piperidine rings is 1. The SMILES string of the molecule is CCOC(=O)c1nc(N(C)c2cc(C)c(Nc3nc4ccccc4s3)nn2)sc1C1CCN(C(=O)Cc2ccccc2)CC1. The third-order valence-electron chi connectivity index (χ3n) is 7.65. The molecule has 1 N–H and O–H groups in total. The fourth-order valence-electron chi connectivity index (χ4n) is 5.24. The molecule has 0 spiro atoms. The number of para-hydroxylation sites is 1. The van der Waals surface area contributed by atoms with Gasteiger partial charge in [0.1, 0.15) is 0 Å². The Morgan fingerprint density at radius 3 is 2.50 bits per heavy atom. The lowest BCUT2D eigenvalue weighted by molar-refractivity contribution is -0.131. The molecule has 0 unspecified atom stereocenters. The lowest BCUT2D eigenvalue weighted by Crippen LogP contribution is -2.38. The number of likely N-dealkylation sites (tertiary alicyclic amines) is 1. The number of anilines is 4. The third kappa shape index (κ3) is 6.41. The van der Waals surface area contributed by atoms with Crippen LogP contribution in [0.1, 0.15) is 52.2 Å². The van der Waals surface area contributed by atoms with Crippen LogP contribution in [0, 0.1) is 6.92 Å². The van der Waals surface area contributed by atoms with Crippen molar-refractivity contribution < 1.29 is 14.3 Å². The number of ether oxygens (including phenoxy) is 1. The Hall–Kier alpha value is -4.42. The molecule has 226 valence electrons. The molecule has 0 saturated carbocycles. The van der Waals surface area contributed by atoms with Gasteiger partial charge in [0.25, 0.3) is 0 Å². The molecule has 3 aromatic heterocycles. The number of nitrogens with one attached hydrogen (secondary N) is 1. The van der Waals surface area contributed by atoms with Crippen molar-refractivity contribution in [1.29, 1.82) is 0 Å². The molecule has 4 heterocycles. The van der Waals surface area contributed by atoms with Crippen molar-refractivity contribution in [2.75, 3.05) is 37.0 Å². The van der Waals surface area contributed by atoms with E-state index in [0.717, 1.165) is 44.2 Å². The molecule has 6 rings (SSSR count). The van der Waals surface area contributed by atoms with E-state index in [1.165, 1.54) is 11.3 Å². The van der Waals surface area contributed by atoms with Gasteiger partial charge in [-0.3, -0.25) is 4.79 Å². The maximum atomic E-state index is 13.0. The summed E-state index contributed by atoms with van der Waals surface area (Å²) in [7, 11) is 1.87. The van der Waals surface area contributed by atoms with Crippen LogP contribution < -0.4 is 10.2 Å². The van der Waals surface area contributed by atoms with E-state index in [-0.39, 0.29) is 18.4 Å². The van der Waals surface area contributed by atoms with Crippen molar-refractivity contribution in [3.05, 3.63) is 82.4 Å². The van der Waals surface area contributed by atoms with Crippen LogP contribution in [0.5, 0.6) is 0 Å². The first kappa shape index (κ1) is 29.6. The monoisotopic (exact) mass is 627 g/mol. The molecule has 5 aromatic rings. The van der Waals surface area contributed by atoms with Gasteiger partial charge in [0, 0.05) is 25.0 Å². The molecule has 0 bridgehead atoms. The number of hydrogen-bond donors (Lipinski definition) is 1. The first-order chi connectivity index (χ1) is 21.4. The minimum Gasteiger partial charge on any atom is -0.461 e. The Balaban J connectivity index is 1.17.